The Morgan fingerprint density at radius 1 is 1.12 bits per heavy atom. The molecule has 0 atom stereocenters. The molecule has 0 fully saturated rings. The van der Waals surface area contributed by atoms with Gasteiger partial charge in [-0.25, -0.2) is 0 Å². The molecule has 132 valence electrons. The van der Waals surface area contributed by atoms with E-state index in [1.807, 2.05) is 54.6 Å². The van der Waals surface area contributed by atoms with Crippen molar-refractivity contribution >= 4 is 24.3 Å². The predicted molar refractivity (Wildman–Crippen MR) is 105 cm³/mol. The molecule has 0 aliphatic heterocycles. The molecule has 0 N–H and O–H groups in total. The van der Waals surface area contributed by atoms with Crippen molar-refractivity contribution in [1.29, 1.82) is 0 Å². The fourth-order valence-electron chi connectivity index (χ4n) is 2.94. The number of rotatable bonds is 6. The maximum absolute atomic E-state index is 12.5. The molecule has 3 nitrogen and oxygen atoms in total. The Morgan fingerprint density at radius 2 is 1.92 bits per heavy atom. The number of carbonyl (C=O) groups excluding carboxylic acids is 1. The van der Waals surface area contributed by atoms with E-state index < -0.39 is 0 Å². The number of fused-ring (bicyclic) bond motifs is 1. The summed E-state index contributed by atoms with van der Waals surface area (Å²) in [5.74, 6) is 0.994. The van der Waals surface area contributed by atoms with Gasteiger partial charge in [-0.1, -0.05) is 36.4 Å². The van der Waals surface area contributed by atoms with E-state index in [4.69, 9.17) is 4.74 Å². The van der Waals surface area contributed by atoms with Gasteiger partial charge in [0.1, 0.15) is 5.75 Å². The van der Waals surface area contributed by atoms with Gasteiger partial charge in [0.15, 0.2) is 5.78 Å². The van der Waals surface area contributed by atoms with Gasteiger partial charge in [-0.2, -0.15) is 0 Å². The molecule has 0 amide bonds. The van der Waals surface area contributed by atoms with Gasteiger partial charge < -0.3 is 9.64 Å². The van der Waals surface area contributed by atoms with E-state index >= 15 is 0 Å². The predicted octanol–water partition coefficient (Wildman–Crippen LogP) is 4.26. The fourth-order valence-corrected chi connectivity index (χ4v) is 2.94. The minimum absolute atomic E-state index is 0. The molecule has 2 aromatic rings. The number of ketones is 1. The van der Waals surface area contributed by atoms with Crippen LogP contribution in [0.25, 0.3) is 6.08 Å². The van der Waals surface area contributed by atoms with Gasteiger partial charge in [-0.15, -0.1) is 12.4 Å². The van der Waals surface area contributed by atoms with Gasteiger partial charge in [-0.3, -0.25) is 4.79 Å². The van der Waals surface area contributed by atoms with Crippen molar-refractivity contribution < 1.29 is 9.53 Å². The van der Waals surface area contributed by atoms with Crippen molar-refractivity contribution in [2.24, 2.45) is 0 Å². The SMILES string of the molecule is CN(C)CCCOc1cccc(/C=C2\Cc3ccccc3C2=O)c1.Cl. The summed E-state index contributed by atoms with van der Waals surface area (Å²) in [4.78, 5) is 14.6. The van der Waals surface area contributed by atoms with Crippen LogP contribution < -0.4 is 4.74 Å². The van der Waals surface area contributed by atoms with Gasteiger partial charge in [0, 0.05) is 24.1 Å². The Balaban J connectivity index is 0.00000225. The second kappa shape index (κ2) is 8.84. The third-order valence-corrected chi connectivity index (χ3v) is 4.15. The average molecular weight is 358 g/mol. The Kier molecular flexibility index (Phi) is 6.80. The maximum Gasteiger partial charge on any atom is 0.189 e. The molecule has 1 aliphatic carbocycles. The van der Waals surface area contributed by atoms with Crippen LogP contribution in [-0.2, 0) is 6.42 Å². The van der Waals surface area contributed by atoms with Crippen molar-refractivity contribution in [3.05, 3.63) is 70.8 Å². The van der Waals surface area contributed by atoms with E-state index in [1.54, 1.807) is 0 Å². The first-order valence-electron chi connectivity index (χ1n) is 8.34. The summed E-state index contributed by atoms with van der Waals surface area (Å²) >= 11 is 0. The quantitative estimate of drug-likeness (QED) is 0.571. The molecule has 0 saturated heterocycles. The lowest BCUT2D eigenvalue weighted by atomic mass is 10.1. The molecular weight excluding hydrogens is 334 g/mol. The summed E-state index contributed by atoms with van der Waals surface area (Å²) in [6.45, 7) is 1.71. The van der Waals surface area contributed by atoms with Crippen molar-refractivity contribution in [3.63, 3.8) is 0 Å². The molecule has 0 spiro atoms. The molecule has 1 aliphatic rings. The molecule has 0 bridgehead atoms. The number of allylic oxidation sites excluding steroid dienone is 1. The first-order chi connectivity index (χ1) is 11.6. The van der Waals surface area contributed by atoms with Crippen LogP contribution in [0.4, 0.5) is 0 Å². The summed E-state index contributed by atoms with van der Waals surface area (Å²) in [5.41, 5.74) is 3.81. The Bertz CT molecular complexity index is 768. The first kappa shape index (κ1) is 19.2. The molecule has 25 heavy (non-hydrogen) atoms. The number of ether oxygens (including phenoxy) is 1. The second-order valence-corrected chi connectivity index (χ2v) is 6.41. The molecule has 2 aromatic carbocycles. The van der Waals surface area contributed by atoms with E-state index in [-0.39, 0.29) is 18.2 Å². The van der Waals surface area contributed by atoms with Gasteiger partial charge in [-0.05, 0) is 49.9 Å². The fraction of sp³-hybridized carbons (Fsp3) is 0.286. The van der Waals surface area contributed by atoms with Gasteiger partial charge >= 0.3 is 0 Å². The average Bonchev–Trinajstić information content (AvgIpc) is 2.88. The first-order valence-corrected chi connectivity index (χ1v) is 8.34. The third-order valence-electron chi connectivity index (χ3n) is 4.15. The van der Waals surface area contributed by atoms with Crippen LogP contribution in [-0.4, -0.2) is 37.9 Å². The lowest BCUT2D eigenvalue weighted by Crippen LogP contribution is -2.15. The minimum atomic E-state index is 0. The number of Topliss-reactive ketones (excluding diaryl/α,β-unsaturated/α-hetero) is 1. The standard InChI is InChI=1S/C21H23NO2.ClH/c1-22(2)11-6-12-24-19-9-5-7-16(14-19)13-18-15-17-8-3-4-10-20(17)21(18)23;/h3-5,7-10,13-14H,6,11-12,15H2,1-2H3;1H/b18-13+;. The Hall–Kier alpha value is -2.10. The van der Waals surface area contributed by atoms with Crippen LogP contribution >= 0.6 is 12.4 Å². The zero-order chi connectivity index (χ0) is 16.9. The number of hydrogen-bond acceptors (Lipinski definition) is 3. The van der Waals surface area contributed by atoms with Crippen LogP contribution in [0.1, 0.15) is 27.9 Å². The lowest BCUT2D eigenvalue weighted by molar-refractivity contribution is 0.104. The van der Waals surface area contributed by atoms with Gasteiger partial charge in [0.05, 0.1) is 6.61 Å². The number of carbonyl (C=O) groups is 1. The van der Waals surface area contributed by atoms with E-state index in [0.29, 0.717) is 13.0 Å². The zero-order valence-electron chi connectivity index (χ0n) is 14.7. The van der Waals surface area contributed by atoms with Crippen molar-refractivity contribution in [3.8, 4) is 5.75 Å². The van der Waals surface area contributed by atoms with E-state index in [2.05, 4.69) is 19.0 Å². The van der Waals surface area contributed by atoms with Crippen molar-refractivity contribution in [1.82, 2.24) is 4.90 Å². The molecule has 0 unspecified atom stereocenters. The van der Waals surface area contributed by atoms with Crippen molar-refractivity contribution in [2.45, 2.75) is 12.8 Å². The normalized spacial score (nSPS) is 14.5. The van der Waals surface area contributed by atoms with Gasteiger partial charge in [0.2, 0.25) is 0 Å². The maximum atomic E-state index is 12.5. The van der Waals surface area contributed by atoms with Crippen LogP contribution in [0.3, 0.4) is 0 Å². The van der Waals surface area contributed by atoms with Crippen LogP contribution in [0, 0.1) is 0 Å². The summed E-state index contributed by atoms with van der Waals surface area (Å²) in [6.07, 6.45) is 3.68. The van der Waals surface area contributed by atoms with Crippen LogP contribution in [0.2, 0.25) is 0 Å². The second-order valence-electron chi connectivity index (χ2n) is 6.41. The lowest BCUT2D eigenvalue weighted by Gasteiger charge is -2.10. The van der Waals surface area contributed by atoms with Crippen molar-refractivity contribution in [2.75, 3.05) is 27.2 Å². The summed E-state index contributed by atoms with van der Waals surface area (Å²) < 4.78 is 5.81. The Morgan fingerprint density at radius 3 is 2.68 bits per heavy atom. The molecule has 0 heterocycles. The molecule has 0 saturated carbocycles. The molecule has 0 radical (unpaired) electrons. The Labute approximate surface area is 155 Å². The van der Waals surface area contributed by atoms with Crippen LogP contribution in [0.15, 0.2) is 54.1 Å². The van der Waals surface area contributed by atoms with Crippen LogP contribution in [0.5, 0.6) is 5.75 Å². The molecule has 0 aromatic heterocycles. The molecular formula is C21H24ClNO2. The highest BCUT2D eigenvalue weighted by molar-refractivity contribution is 6.15. The topological polar surface area (TPSA) is 29.5 Å². The number of halogens is 1. The highest BCUT2D eigenvalue weighted by Crippen LogP contribution is 2.28. The largest absolute Gasteiger partial charge is 0.494 e. The third kappa shape index (κ3) is 4.94. The zero-order valence-corrected chi connectivity index (χ0v) is 15.5. The number of hydrogen-bond donors (Lipinski definition) is 0. The minimum Gasteiger partial charge on any atom is -0.494 e. The summed E-state index contributed by atoms with van der Waals surface area (Å²) in [7, 11) is 4.12. The summed E-state index contributed by atoms with van der Waals surface area (Å²) in [6, 6.07) is 15.8. The highest BCUT2D eigenvalue weighted by atomic mass is 35.5. The van der Waals surface area contributed by atoms with E-state index in [1.165, 1.54) is 0 Å². The number of benzene rings is 2. The smallest absolute Gasteiger partial charge is 0.189 e. The van der Waals surface area contributed by atoms with E-state index in [0.717, 1.165) is 41.0 Å². The van der Waals surface area contributed by atoms with E-state index in [9.17, 15) is 4.79 Å². The molecule has 4 heteroatoms. The van der Waals surface area contributed by atoms with Gasteiger partial charge in [0.25, 0.3) is 0 Å². The number of nitrogens with zero attached hydrogens (tertiary/aromatic N) is 1. The monoisotopic (exact) mass is 357 g/mol. The summed E-state index contributed by atoms with van der Waals surface area (Å²) in [5, 5.41) is 0. The highest BCUT2D eigenvalue weighted by Gasteiger charge is 2.23. The molecule has 3 rings (SSSR count).